The maximum atomic E-state index is 10.5. The van der Waals surface area contributed by atoms with Crippen LogP contribution in [0.1, 0.15) is 18.9 Å². The van der Waals surface area contributed by atoms with E-state index in [1.54, 1.807) is 0 Å². The van der Waals surface area contributed by atoms with Crippen LogP contribution in [0.5, 0.6) is 0 Å². The van der Waals surface area contributed by atoms with Crippen LogP contribution in [0, 0.1) is 0 Å². The largest absolute Gasteiger partial charge is 0.481 e. The maximum absolute atomic E-state index is 10.5. The summed E-state index contributed by atoms with van der Waals surface area (Å²) in [6.07, 6.45) is 0.0929. The first-order valence-electron chi connectivity index (χ1n) is 4.58. The topological polar surface area (TPSA) is 57.5 Å². The third-order valence-corrected chi connectivity index (χ3v) is 2.56. The van der Waals surface area contributed by atoms with Gasteiger partial charge in [0.1, 0.15) is 0 Å². The Bertz CT molecular complexity index is 343. The summed E-state index contributed by atoms with van der Waals surface area (Å²) in [7, 11) is 0. The Morgan fingerprint density at radius 1 is 1.40 bits per heavy atom. The molecule has 15 heavy (non-hydrogen) atoms. The predicted octanol–water partition coefficient (Wildman–Crippen LogP) is 2.22. The number of hydrogen-bond donors (Lipinski definition) is 2. The molecule has 0 aliphatic rings. The van der Waals surface area contributed by atoms with Gasteiger partial charge in [-0.25, -0.2) is 0 Å². The van der Waals surface area contributed by atoms with Gasteiger partial charge < -0.3 is 10.2 Å². The number of rotatable bonds is 4. The molecule has 0 radical (unpaired) electrons. The zero-order valence-electron chi connectivity index (χ0n) is 8.40. The van der Waals surface area contributed by atoms with Gasteiger partial charge in [-0.1, -0.05) is 28.1 Å². The molecule has 4 heteroatoms. The average molecular weight is 273 g/mol. The Balaban J connectivity index is 2.68. The predicted molar refractivity (Wildman–Crippen MR) is 60.7 cm³/mol. The molecule has 1 aromatic rings. The molecule has 1 rings (SSSR count). The molecule has 1 aromatic carbocycles. The lowest BCUT2D eigenvalue weighted by atomic mass is 9.93. The van der Waals surface area contributed by atoms with Crippen LogP contribution in [-0.4, -0.2) is 21.8 Å². The van der Waals surface area contributed by atoms with Gasteiger partial charge in [-0.3, -0.25) is 4.79 Å². The first kappa shape index (κ1) is 12.2. The highest BCUT2D eigenvalue weighted by Gasteiger charge is 2.24. The van der Waals surface area contributed by atoms with Gasteiger partial charge in [-0.15, -0.1) is 0 Å². The van der Waals surface area contributed by atoms with Crippen LogP contribution in [0.25, 0.3) is 0 Å². The van der Waals surface area contributed by atoms with E-state index in [0.29, 0.717) is 6.42 Å². The zero-order chi connectivity index (χ0) is 11.5. The van der Waals surface area contributed by atoms with E-state index in [9.17, 15) is 9.90 Å². The van der Waals surface area contributed by atoms with Crippen molar-refractivity contribution < 1.29 is 15.0 Å². The molecule has 0 spiro atoms. The molecule has 1 unspecified atom stereocenters. The minimum absolute atomic E-state index is 0.247. The Hall–Kier alpha value is -0.870. The Morgan fingerprint density at radius 2 is 1.93 bits per heavy atom. The van der Waals surface area contributed by atoms with Crippen molar-refractivity contribution in [3.63, 3.8) is 0 Å². The molecule has 0 saturated heterocycles. The molecule has 0 heterocycles. The summed E-state index contributed by atoms with van der Waals surface area (Å²) in [6.45, 7) is 1.53. The lowest BCUT2D eigenvalue weighted by Crippen LogP contribution is -2.30. The maximum Gasteiger partial charge on any atom is 0.306 e. The fraction of sp³-hybridized carbons (Fsp3) is 0.364. The van der Waals surface area contributed by atoms with E-state index in [1.807, 2.05) is 24.3 Å². The van der Waals surface area contributed by atoms with Crippen molar-refractivity contribution in [1.29, 1.82) is 0 Å². The van der Waals surface area contributed by atoms with Crippen LogP contribution in [0.2, 0.25) is 0 Å². The number of aliphatic hydroxyl groups is 1. The first-order valence-corrected chi connectivity index (χ1v) is 5.37. The smallest absolute Gasteiger partial charge is 0.306 e. The van der Waals surface area contributed by atoms with Gasteiger partial charge in [0.25, 0.3) is 0 Å². The minimum Gasteiger partial charge on any atom is -0.481 e. The van der Waals surface area contributed by atoms with Crippen molar-refractivity contribution in [2.75, 3.05) is 0 Å². The highest BCUT2D eigenvalue weighted by atomic mass is 79.9. The van der Waals surface area contributed by atoms with E-state index < -0.39 is 11.6 Å². The van der Waals surface area contributed by atoms with Crippen LogP contribution >= 0.6 is 15.9 Å². The number of carbonyl (C=O) groups is 1. The van der Waals surface area contributed by atoms with Crippen molar-refractivity contribution in [2.45, 2.75) is 25.4 Å². The highest BCUT2D eigenvalue weighted by Crippen LogP contribution is 2.18. The number of hydrogen-bond acceptors (Lipinski definition) is 2. The van der Waals surface area contributed by atoms with E-state index in [4.69, 9.17) is 5.11 Å². The molecule has 0 fully saturated rings. The summed E-state index contributed by atoms with van der Waals surface area (Å²) in [5.74, 6) is -0.989. The van der Waals surface area contributed by atoms with Gasteiger partial charge in [-0.05, 0) is 24.6 Å². The molecule has 82 valence electrons. The number of aliphatic carboxylic acids is 1. The lowest BCUT2D eigenvalue weighted by molar-refractivity contribution is -0.141. The second-order valence-corrected chi connectivity index (χ2v) is 4.79. The second-order valence-electron chi connectivity index (χ2n) is 3.87. The Labute approximate surface area is 96.9 Å². The van der Waals surface area contributed by atoms with E-state index in [2.05, 4.69) is 15.9 Å². The molecule has 1 atom stereocenters. The summed E-state index contributed by atoms with van der Waals surface area (Å²) in [6, 6.07) is 7.46. The normalized spacial score (nSPS) is 14.6. The summed E-state index contributed by atoms with van der Waals surface area (Å²) in [5.41, 5.74) is -0.274. The van der Waals surface area contributed by atoms with Gasteiger partial charge in [0.05, 0.1) is 12.0 Å². The monoisotopic (exact) mass is 272 g/mol. The van der Waals surface area contributed by atoms with Gasteiger partial charge in [0.15, 0.2) is 0 Å². The SMILES string of the molecule is CC(O)(CC(=O)O)Cc1ccc(Br)cc1. The van der Waals surface area contributed by atoms with Gasteiger partial charge >= 0.3 is 5.97 Å². The first-order chi connectivity index (χ1) is 6.89. The molecular weight excluding hydrogens is 260 g/mol. The van der Waals surface area contributed by atoms with Crippen molar-refractivity contribution in [3.05, 3.63) is 34.3 Å². The van der Waals surface area contributed by atoms with Crippen molar-refractivity contribution >= 4 is 21.9 Å². The van der Waals surface area contributed by atoms with Crippen LogP contribution in [0.4, 0.5) is 0 Å². The molecule has 2 N–H and O–H groups in total. The molecule has 0 amide bonds. The average Bonchev–Trinajstić information content (AvgIpc) is 2.06. The molecule has 0 saturated carbocycles. The lowest BCUT2D eigenvalue weighted by Gasteiger charge is -2.20. The van der Waals surface area contributed by atoms with Crippen molar-refractivity contribution in [3.8, 4) is 0 Å². The van der Waals surface area contributed by atoms with Gasteiger partial charge in [0.2, 0.25) is 0 Å². The highest BCUT2D eigenvalue weighted by molar-refractivity contribution is 9.10. The number of halogens is 1. The third kappa shape index (κ3) is 4.44. The minimum atomic E-state index is -1.19. The Morgan fingerprint density at radius 3 is 2.40 bits per heavy atom. The summed E-state index contributed by atoms with van der Waals surface area (Å²) < 4.78 is 0.962. The van der Waals surface area contributed by atoms with E-state index >= 15 is 0 Å². The quantitative estimate of drug-likeness (QED) is 0.884. The molecule has 0 aromatic heterocycles. The summed E-state index contributed by atoms with van der Waals surface area (Å²) in [4.78, 5) is 10.5. The van der Waals surface area contributed by atoms with Gasteiger partial charge in [0, 0.05) is 10.9 Å². The standard InChI is InChI=1S/C11H13BrO3/c1-11(15,7-10(13)14)6-8-2-4-9(12)5-3-8/h2-5,15H,6-7H2,1H3,(H,13,14). The van der Waals surface area contributed by atoms with Crippen LogP contribution in [0.3, 0.4) is 0 Å². The third-order valence-electron chi connectivity index (χ3n) is 2.03. The molecule has 0 aliphatic carbocycles. The number of carboxylic acids is 1. The number of carboxylic acid groups (broad SMARTS) is 1. The van der Waals surface area contributed by atoms with E-state index in [-0.39, 0.29) is 6.42 Å². The van der Waals surface area contributed by atoms with E-state index in [0.717, 1.165) is 10.0 Å². The molecule has 0 aliphatic heterocycles. The van der Waals surface area contributed by atoms with Crippen LogP contribution < -0.4 is 0 Å². The molecule has 0 bridgehead atoms. The second kappa shape index (κ2) is 4.77. The molecular formula is C11H13BrO3. The van der Waals surface area contributed by atoms with E-state index in [1.165, 1.54) is 6.92 Å². The fourth-order valence-electron chi connectivity index (χ4n) is 1.43. The van der Waals surface area contributed by atoms with Crippen molar-refractivity contribution in [1.82, 2.24) is 0 Å². The van der Waals surface area contributed by atoms with Crippen LogP contribution in [0.15, 0.2) is 28.7 Å². The van der Waals surface area contributed by atoms with Gasteiger partial charge in [-0.2, -0.15) is 0 Å². The van der Waals surface area contributed by atoms with Crippen molar-refractivity contribution in [2.24, 2.45) is 0 Å². The Kier molecular flexibility index (Phi) is 3.88. The molecule has 3 nitrogen and oxygen atoms in total. The number of benzene rings is 1. The zero-order valence-corrected chi connectivity index (χ0v) is 9.99. The fourth-order valence-corrected chi connectivity index (χ4v) is 1.69. The summed E-state index contributed by atoms with van der Waals surface area (Å²) >= 11 is 3.31. The summed E-state index contributed by atoms with van der Waals surface area (Å²) in [5, 5.41) is 18.4. The van der Waals surface area contributed by atoms with Crippen LogP contribution in [-0.2, 0) is 11.2 Å².